The summed E-state index contributed by atoms with van der Waals surface area (Å²) in [6, 6.07) is 5.83. The minimum absolute atomic E-state index is 0.0139. The molecule has 0 spiro atoms. The monoisotopic (exact) mass is 327 g/mol. The number of hydrogen-bond donors (Lipinski definition) is 0. The summed E-state index contributed by atoms with van der Waals surface area (Å²) in [5, 5.41) is 0.0139. The van der Waals surface area contributed by atoms with Gasteiger partial charge in [0.25, 0.3) is 0 Å². The van der Waals surface area contributed by atoms with E-state index < -0.39 is 0 Å². The van der Waals surface area contributed by atoms with Gasteiger partial charge >= 0.3 is 0 Å². The quantitative estimate of drug-likeness (QED) is 0.720. The Hall–Kier alpha value is -1.01. The lowest BCUT2D eigenvalue weighted by Gasteiger charge is -2.26. The summed E-state index contributed by atoms with van der Waals surface area (Å²) in [4.78, 5) is 14.1. The highest BCUT2D eigenvalue weighted by molar-refractivity contribution is 8.00. The fraction of sp³-hybridized carbons (Fsp3) is 0.533. The molecule has 1 amide bonds. The van der Waals surface area contributed by atoms with Crippen LogP contribution in [0, 0.1) is 0 Å². The topological polar surface area (TPSA) is 38.8 Å². The molecule has 1 saturated heterocycles. The molecule has 0 aliphatic carbocycles. The third-order valence-electron chi connectivity index (χ3n) is 3.35. The number of methoxy groups -OCH3 is 2. The van der Waals surface area contributed by atoms with E-state index in [0.717, 1.165) is 29.4 Å². The number of nitrogens with zero attached hydrogens (tertiary/aromatic N) is 1. The number of carbonyl (C=O) groups excluding carboxylic acids is 1. The number of hydrogen-bond acceptors (Lipinski definition) is 5. The van der Waals surface area contributed by atoms with Gasteiger partial charge < -0.3 is 14.4 Å². The lowest BCUT2D eigenvalue weighted by Crippen LogP contribution is -2.30. The van der Waals surface area contributed by atoms with Crippen molar-refractivity contribution >= 4 is 29.4 Å². The van der Waals surface area contributed by atoms with Crippen LogP contribution >= 0.6 is 23.5 Å². The van der Waals surface area contributed by atoms with E-state index in [2.05, 4.69) is 6.92 Å². The first-order chi connectivity index (χ1) is 10.2. The van der Waals surface area contributed by atoms with E-state index in [9.17, 15) is 4.79 Å². The molecule has 0 N–H and O–H groups in total. The first-order valence-corrected chi connectivity index (χ1v) is 9.13. The summed E-state index contributed by atoms with van der Waals surface area (Å²) in [5.41, 5.74) is 1.01. The van der Waals surface area contributed by atoms with Gasteiger partial charge in [0.1, 0.15) is 5.37 Å². The van der Waals surface area contributed by atoms with E-state index in [1.54, 1.807) is 26.0 Å². The molecule has 1 fully saturated rings. The molecule has 0 bridgehead atoms. The first-order valence-electron chi connectivity index (χ1n) is 6.92. The van der Waals surface area contributed by atoms with Gasteiger partial charge in [0, 0.05) is 17.9 Å². The second-order valence-corrected chi connectivity index (χ2v) is 6.99. The predicted molar refractivity (Wildman–Crippen MR) is 89.5 cm³/mol. The molecule has 1 aromatic rings. The molecule has 1 aliphatic heterocycles. The van der Waals surface area contributed by atoms with Crippen molar-refractivity contribution in [1.82, 2.24) is 4.90 Å². The zero-order chi connectivity index (χ0) is 15.2. The molecule has 1 aromatic carbocycles. The lowest BCUT2D eigenvalue weighted by atomic mass is 10.1. The molecule has 0 aromatic heterocycles. The van der Waals surface area contributed by atoms with Crippen LogP contribution in [0.3, 0.4) is 0 Å². The van der Waals surface area contributed by atoms with Gasteiger partial charge in [-0.1, -0.05) is 19.1 Å². The lowest BCUT2D eigenvalue weighted by molar-refractivity contribution is -0.127. The Bertz CT molecular complexity index is 496. The molecular weight excluding hydrogens is 306 g/mol. The molecule has 1 atom stereocenters. The van der Waals surface area contributed by atoms with E-state index in [4.69, 9.17) is 9.47 Å². The van der Waals surface area contributed by atoms with Crippen LogP contribution < -0.4 is 9.47 Å². The molecule has 1 aliphatic rings. The van der Waals surface area contributed by atoms with E-state index in [-0.39, 0.29) is 11.3 Å². The molecule has 6 heteroatoms. The van der Waals surface area contributed by atoms with Crippen LogP contribution in [0.4, 0.5) is 0 Å². The number of ether oxygens (including phenoxy) is 2. The zero-order valence-corrected chi connectivity index (χ0v) is 14.3. The summed E-state index contributed by atoms with van der Waals surface area (Å²) in [5.74, 6) is 4.19. The van der Waals surface area contributed by atoms with Crippen molar-refractivity contribution in [1.29, 1.82) is 0 Å². The van der Waals surface area contributed by atoms with Crippen molar-refractivity contribution in [2.45, 2.75) is 12.3 Å². The van der Waals surface area contributed by atoms with Crippen LogP contribution in [0.15, 0.2) is 18.2 Å². The van der Waals surface area contributed by atoms with E-state index in [0.29, 0.717) is 11.5 Å². The molecule has 2 rings (SSSR count). The van der Waals surface area contributed by atoms with Crippen molar-refractivity contribution < 1.29 is 14.3 Å². The number of thioether (sulfide) groups is 2. The van der Waals surface area contributed by atoms with Gasteiger partial charge in [-0.05, 0) is 11.8 Å². The van der Waals surface area contributed by atoms with Gasteiger partial charge in [0.15, 0.2) is 11.5 Å². The molecule has 116 valence electrons. The molecule has 4 nitrogen and oxygen atoms in total. The zero-order valence-electron chi connectivity index (χ0n) is 12.6. The van der Waals surface area contributed by atoms with Crippen molar-refractivity contribution in [3.8, 4) is 11.5 Å². The van der Waals surface area contributed by atoms with Crippen LogP contribution in [0.25, 0.3) is 0 Å². The second kappa shape index (κ2) is 7.84. The molecule has 0 saturated carbocycles. The Kier molecular flexibility index (Phi) is 6.11. The fourth-order valence-electron chi connectivity index (χ4n) is 2.37. The Morgan fingerprint density at radius 2 is 2.19 bits per heavy atom. The number of carbonyl (C=O) groups is 1. The van der Waals surface area contributed by atoms with Crippen LogP contribution in [-0.4, -0.2) is 48.8 Å². The van der Waals surface area contributed by atoms with Crippen molar-refractivity contribution in [2.75, 3.05) is 38.0 Å². The van der Waals surface area contributed by atoms with Crippen molar-refractivity contribution in [3.63, 3.8) is 0 Å². The number of benzene rings is 1. The Labute approximate surface area is 134 Å². The molecule has 1 unspecified atom stereocenters. The first kappa shape index (κ1) is 16.4. The smallest absolute Gasteiger partial charge is 0.233 e. The Morgan fingerprint density at radius 1 is 1.38 bits per heavy atom. The maximum absolute atomic E-state index is 12.1. The highest BCUT2D eigenvalue weighted by atomic mass is 32.2. The van der Waals surface area contributed by atoms with Crippen molar-refractivity contribution in [3.05, 3.63) is 23.8 Å². The van der Waals surface area contributed by atoms with E-state index in [1.165, 1.54) is 0 Å². The normalized spacial score (nSPS) is 18.1. The van der Waals surface area contributed by atoms with Gasteiger partial charge in [0.2, 0.25) is 5.91 Å². The largest absolute Gasteiger partial charge is 0.493 e. The van der Waals surface area contributed by atoms with Gasteiger partial charge in [0.05, 0.1) is 20.0 Å². The predicted octanol–water partition coefficient (Wildman–Crippen LogP) is 3.03. The molecule has 0 radical (unpaired) electrons. The highest BCUT2D eigenvalue weighted by Gasteiger charge is 2.34. The minimum atomic E-state index is 0.0139. The number of rotatable bonds is 7. The SMILES string of the molecule is CCSCCN1C(=O)CSC1c1cccc(OC)c1OC. The third kappa shape index (κ3) is 3.61. The Balaban J connectivity index is 2.25. The van der Waals surface area contributed by atoms with Gasteiger partial charge in [-0.25, -0.2) is 0 Å². The maximum Gasteiger partial charge on any atom is 0.233 e. The van der Waals surface area contributed by atoms with E-state index >= 15 is 0 Å². The average Bonchev–Trinajstić information content (AvgIpc) is 2.87. The Morgan fingerprint density at radius 3 is 2.86 bits per heavy atom. The average molecular weight is 327 g/mol. The molecule has 21 heavy (non-hydrogen) atoms. The van der Waals surface area contributed by atoms with Crippen LogP contribution in [0.1, 0.15) is 17.9 Å². The minimum Gasteiger partial charge on any atom is -0.493 e. The molecule has 1 heterocycles. The highest BCUT2D eigenvalue weighted by Crippen LogP contribution is 2.45. The number of amides is 1. The summed E-state index contributed by atoms with van der Waals surface area (Å²) in [7, 11) is 3.27. The van der Waals surface area contributed by atoms with Gasteiger partial charge in [-0.15, -0.1) is 11.8 Å². The van der Waals surface area contributed by atoms with Crippen LogP contribution in [-0.2, 0) is 4.79 Å². The van der Waals surface area contributed by atoms with Crippen molar-refractivity contribution in [2.24, 2.45) is 0 Å². The molecular formula is C15H21NO3S2. The third-order valence-corrected chi connectivity index (χ3v) is 5.47. The summed E-state index contributed by atoms with van der Waals surface area (Å²) >= 11 is 3.50. The number of para-hydroxylation sites is 1. The van der Waals surface area contributed by atoms with Crippen LogP contribution in [0.2, 0.25) is 0 Å². The van der Waals surface area contributed by atoms with Crippen LogP contribution in [0.5, 0.6) is 11.5 Å². The van der Waals surface area contributed by atoms with Gasteiger partial charge in [-0.3, -0.25) is 4.79 Å². The van der Waals surface area contributed by atoms with Gasteiger partial charge in [-0.2, -0.15) is 11.8 Å². The van der Waals surface area contributed by atoms with E-state index in [1.807, 2.05) is 34.9 Å². The standard InChI is InChI=1S/C15H21NO3S2/c1-4-20-9-8-16-13(17)10-21-15(16)11-6-5-7-12(18-2)14(11)19-3/h5-7,15H,4,8-10H2,1-3H3. The summed E-state index contributed by atoms with van der Waals surface area (Å²) in [6.07, 6.45) is 0. The summed E-state index contributed by atoms with van der Waals surface area (Å²) in [6.45, 7) is 2.91. The fourth-order valence-corrected chi connectivity index (χ4v) is 4.22. The summed E-state index contributed by atoms with van der Waals surface area (Å²) < 4.78 is 10.9. The maximum atomic E-state index is 12.1. The second-order valence-electron chi connectivity index (χ2n) is 4.53.